The Kier molecular flexibility index (Phi) is 7.37. The van der Waals surface area contributed by atoms with E-state index >= 15 is 0 Å². The molecule has 292 valence electrons. The number of hydrogen-bond donors (Lipinski definition) is 0. The van der Waals surface area contributed by atoms with E-state index in [2.05, 4.69) is 172 Å². The zero-order valence-corrected chi connectivity index (χ0v) is 36.9. The molecular formula is C52H65BN2O. The first kappa shape index (κ1) is 33.9. The number of benzene rings is 4. The predicted octanol–water partition coefficient (Wildman–Crippen LogP) is 12.9. The minimum atomic E-state index is -2.24. The second-order valence-electron chi connectivity index (χ2n) is 21.9. The summed E-state index contributed by atoms with van der Waals surface area (Å²) < 4.78 is 45.7. The Morgan fingerprint density at radius 3 is 1.48 bits per heavy atom. The zero-order chi connectivity index (χ0) is 44.3. The van der Waals surface area contributed by atoms with Crippen LogP contribution in [-0.2, 0) is 32.5 Å². The predicted molar refractivity (Wildman–Crippen MR) is 243 cm³/mol. The van der Waals surface area contributed by atoms with Crippen molar-refractivity contribution in [2.75, 3.05) is 9.80 Å². The van der Waals surface area contributed by atoms with Crippen molar-refractivity contribution >= 4 is 57.4 Å². The van der Waals surface area contributed by atoms with Crippen LogP contribution >= 0.6 is 0 Å². The number of nitrogens with zero attached hydrogens (tertiary/aromatic N) is 2. The van der Waals surface area contributed by atoms with Gasteiger partial charge in [0, 0.05) is 44.9 Å². The van der Waals surface area contributed by atoms with Crippen molar-refractivity contribution in [1.29, 1.82) is 0 Å². The second-order valence-corrected chi connectivity index (χ2v) is 21.9. The van der Waals surface area contributed by atoms with Gasteiger partial charge >= 0.3 is 0 Å². The molecule has 0 radical (unpaired) electrons. The van der Waals surface area contributed by atoms with Crippen LogP contribution in [0.5, 0.6) is 0 Å². The molecule has 4 heteroatoms. The third kappa shape index (κ3) is 6.08. The van der Waals surface area contributed by atoms with Gasteiger partial charge in [0.05, 0.1) is 11.3 Å². The normalized spacial score (nSPS) is 20.2. The Bertz CT molecular complexity index is 2540. The van der Waals surface area contributed by atoms with E-state index in [1.807, 2.05) is 27.7 Å². The average molecular weight is 749 g/mol. The van der Waals surface area contributed by atoms with Gasteiger partial charge < -0.3 is 14.2 Å². The van der Waals surface area contributed by atoms with E-state index in [-0.39, 0.29) is 28.4 Å². The standard InChI is InChI=1S/C52H65BN2O/c1-47(2,3)32-17-22-36(23-18-32)54-39-26-21-34(49(7,8)9)29-38(39)53-43-40(54)30-35(50(10,11)12)31-41(43)55(37-24-19-33(20-25-37)48(4,5)6)44-42-45(56-46(44)53)52(15,16)28-27-51(42,13)14/h17-26,29-31H,27-28H2,1-16H3/i27D2,28D2. The Balaban J connectivity index is 1.56. The fraction of sp³-hybridized carbons (Fsp3) is 0.462. The first-order valence-corrected chi connectivity index (χ1v) is 20.7. The smallest absolute Gasteiger partial charge is 0.297 e. The lowest BCUT2D eigenvalue weighted by Gasteiger charge is -2.45. The van der Waals surface area contributed by atoms with E-state index < -0.39 is 23.6 Å². The maximum Gasteiger partial charge on any atom is 0.297 e. The lowest BCUT2D eigenvalue weighted by atomic mass is 9.35. The summed E-state index contributed by atoms with van der Waals surface area (Å²) >= 11 is 0. The average Bonchev–Trinajstić information content (AvgIpc) is 3.54. The first-order chi connectivity index (χ1) is 27.3. The molecule has 3 aliphatic rings. The molecule has 0 N–H and O–H groups in total. The van der Waals surface area contributed by atoms with Gasteiger partial charge in [0.25, 0.3) is 6.71 Å². The van der Waals surface area contributed by atoms with Crippen LogP contribution in [0.4, 0.5) is 34.1 Å². The lowest BCUT2D eigenvalue weighted by molar-refractivity contribution is 0.282. The van der Waals surface area contributed by atoms with E-state index in [1.165, 1.54) is 22.3 Å². The molecule has 8 rings (SSSR count). The summed E-state index contributed by atoms with van der Waals surface area (Å²) in [5, 5.41) is 0. The number of anilines is 6. The Morgan fingerprint density at radius 1 is 0.536 bits per heavy atom. The Labute approximate surface area is 344 Å². The van der Waals surface area contributed by atoms with Gasteiger partial charge in [-0.05, 0) is 115 Å². The van der Waals surface area contributed by atoms with Crippen molar-refractivity contribution in [2.45, 2.75) is 156 Å². The SMILES string of the molecule is [2H]C1([2H])C(C)(C)c2oc3c(c2C(C)(C)C1([2H])[2H])N(c1ccc(C(C)(C)C)cc1)c1cc(C(C)(C)C)cc2c1B3c1cc(C(C)(C)C)ccc1N2c1ccc(C(C)(C)C)cc1. The molecule has 3 nitrogen and oxygen atoms in total. The highest BCUT2D eigenvalue weighted by Gasteiger charge is 2.52. The summed E-state index contributed by atoms with van der Waals surface area (Å²) in [4.78, 5) is 4.78. The number of fused-ring (bicyclic) bond motifs is 6. The molecular weight excluding hydrogens is 679 g/mol. The topological polar surface area (TPSA) is 19.6 Å². The summed E-state index contributed by atoms with van der Waals surface area (Å²) in [5.74, 6) is 0.521. The van der Waals surface area contributed by atoms with Crippen molar-refractivity contribution < 1.29 is 9.90 Å². The number of rotatable bonds is 2. The lowest BCUT2D eigenvalue weighted by Crippen LogP contribution is -2.61. The highest BCUT2D eigenvalue weighted by atomic mass is 16.3. The monoisotopic (exact) mass is 749 g/mol. The maximum absolute atomic E-state index is 9.66. The van der Waals surface area contributed by atoms with Gasteiger partial charge in [-0.1, -0.05) is 147 Å². The molecule has 56 heavy (non-hydrogen) atoms. The molecule has 1 aliphatic carbocycles. The van der Waals surface area contributed by atoms with Crippen molar-refractivity contribution in [2.24, 2.45) is 0 Å². The van der Waals surface area contributed by atoms with Crippen LogP contribution in [0.3, 0.4) is 0 Å². The molecule has 0 spiro atoms. The third-order valence-corrected chi connectivity index (χ3v) is 12.5. The van der Waals surface area contributed by atoms with Gasteiger partial charge in [0.15, 0.2) is 0 Å². The van der Waals surface area contributed by atoms with Gasteiger partial charge in [-0.15, -0.1) is 0 Å². The molecule has 1 aromatic heterocycles. The summed E-state index contributed by atoms with van der Waals surface area (Å²) in [5.41, 5.74) is 11.7. The minimum absolute atomic E-state index is 0.00111. The van der Waals surface area contributed by atoms with Crippen molar-refractivity contribution in [1.82, 2.24) is 0 Å². The van der Waals surface area contributed by atoms with Crippen LogP contribution in [0.1, 0.15) is 163 Å². The fourth-order valence-corrected chi connectivity index (χ4v) is 8.93. The summed E-state index contributed by atoms with van der Waals surface area (Å²) in [7, 11) is 0. The molecule has 3 heterocycles. The zero-order valence-electron chi connectivity index (χ0n) is 40.9. The molecule has 0 saturated heterocycles. The van der Waals surface area contributed by atoms with E-state index in [0.29, 0.717) is 5.76 Å². The van der Waals surface area contributed by atoms with Gasteiger partial charge in [-0.3, -0.25) is 0 Å². The first-order valence-electron chi connectivity index (χ1n) is 22.7. The molecule has 0 fully saturated rings. The molecule has 5 aromatic rings. The number of furan rings is 1. The van der Waals surface area contributed by atoms with Crippen LogP contribution in [0.15, 0.2) is 83.3 Å². The van der Waals surface area contributed by atoms with Gasteiger partial charge in [0.2, 0.25) is 0 Å². The van der Waals surface area contributed by atoms with Crippen LogP contribution in [-0.4, -0.2) is 6.71 Å². The molecule has 0 amide bonds. The van der Waals surface area contributed by atoms with Crippen molar-refractivity contribution in [3.8, 4) is 0 Å². The Hall–Kier alpha value is -4.18. The Morgan fingerprint density at radius 2 is 0.982 bits per heavy atom. The molecule has 0 bridgehead atoms. The van der Waals surface area contributed by atoms with E-state index in [9.17, 15) is 5.48 Å². The van der Waals surface area contributed by atoms with Crippen LogP contribution < -0.4 is 26.4 Å². The third-order valence-electron chi connectivity index (χ3n) is 12.5. The number of hydrogen-bond acceptors (Lipinski definition) is 3. The highest BCUT2D eigenvalue weighted by Crippen LogP contribution is 2.55. The van der Waals surface area contributed by atoms with Crippen molar-refractivity contribution in [3.05, 3.63) is 112 Å². The van der Waals surface area contributed by atoms with Crippen molar-refractivity contribution in [3.63, 3.8) is 0 Å². The summed E-state index contributed by atoms with van der Waals surface area (Å²) in [6.45, 7) is 34.1. The van der Waals surface area contributed by atoms with Gasteiger partial charge in [0.1, 0.15) is 5.76 Å². The largest absolute Gasteiger partial charge is 0.472 e. The van der Waals surface area contributed by atoms with Crippen LogP contribution in [0, 0.1) is 0 Å². The van der Waals surface area contributed by atoms with E-state index in [4.69, 9.17) is 4.42 Å². The highest BCUT2D eigenvalue weighted by molar-refractivity contribution is 6.99. The second kappa shape index (κ2) is 12.2. The van der Waals surface area contributed by atoms with E-state index in [1.54, 1.807) is 0 Å². The molecule has 4 aromatic carbocycles. The van der Waals surface area contributed by atoms with Crippen LogP contribution in [0.2, 0.25) is 0 Å². The molecule has 0 unspecified atom stereocenters. The fourth-order valence-electron chi connectivity index (χ4n) is 8.93. The molecule has 0 atom stereocenters. The minimum Gasteiger partial charge on any atom is -0.472 e. The maximum atomic E-state index is 9.66. The quantitative estimate of drug-likeness (QED) is 0.164. The summed E-state index contributed by atoms with van der Waals surface area (Å²) in [6.07, 6.45) is -4.48. The molecule has 0 saturated carbocycles. The van der Waals surface area contributed by atoms with Gasteiger partial charge in [-0.2, -0.15) is 0 Å². The summed E-state index contributed by atoms with van der Waals surface area (Å²) in [6, 6.07) is 29.5. The van der Waals surface area contributed by atoms with Crippen LogP contribution in [0.25, 0.3) is 0 Å². The van der Waals surface area contributed by atoms with E-state index in [0.717, 1.165) is 56.3 Å². The molecule has 2 aliphatic heterocycles. The van der Waals surface area contributed by atoms with Gasteiger partial charge in [-0.25, -0.2) is 0 Å².